The monoisotopic (exact) mass is 269 g/mol. The largest absolute Gasteiger partial charge is 0.326 e. The van der Waals surface area contributed by atoms with Gasteiger partial charge >= 0.3 is 0 Å². The van der Waals surface area contributed by atoms with Crippen molar-refractivity contribution in [1.82, 2.24) is 0 Å². The fourth-order valence-corrected chi connectivity index (χ4v) is 2.29. The number of nitrogens with one attached hydrogen (secondary N) is 1. The number of carbonyl (C=O) groups excluding carboxylic acids is 1. The van der Waals surface area contributed by atoms with Crippen molar-refractivity contribution in [3.63, 3.8) is 0 Å². The average Bonchev–Trinajstić information content (AvgIpc) is 2.18. The first-order valence-corrected chi connectivity index (χ1v) is 7.70. The average molecular weight is 269 g/mol. The molecule has 18 heavy (non-hydrogen) atoms. The molecule has 1 amide bonds. The number of hydrogen-bond acceptors (Lipinski definition) is 3. The molecule has 0 bridgehead atoms. The van der Waals surface area contributed by atoms with Crippen LogP contribution in [0, 0.1) is 12.8 Å². The van der Waals surface area contributed by atoms with E-state index in [1.807, 2.05) is 13.8 Å². The molecule has 0 aliphatic heterocycles. The van der Waals surface area contributed by atoms with Crippen LogP contribution in [0.5, 0.6) is 0 Å². The molecular weight excluding hydrogens is 250 g/mol. The second-order valence-electron chi connectivity index (χ2n) is 4.90. The van der Waals surface area contributed by atoms with E-state index >= 15 is 0 Å². The van der Waals surface area contributed by atoms with Crippen molar-refractivity contribution in [2.45, 2.75) is 32.1 Å². The first-order chi connectivity index (χ1) is 8.20. The topological polar surface area (TPSA) is 63.2 Å². The lowest BCUT2D eigenvalue weighted by Gasteiger charge is -2.10. The molecule has 1 N–H and O–H groups in total. The highest BCUT2D eigenvalue weighted by Gasteiger charge is 2.11. The fourth-order valence-electron chi connectivity index (χ4n) is 1.58. The van der Waals surface area contributed by atoms with Crippen molar-refractivity contribution in [2.75, 3.05) is 11.6 Å². The molecule has 0 aromatic heterocycles. The SMILES string of the molecule is Cc1cc(S(C)(=O)=O)ccc1NC(=O)CC(C)C. The molecule has 4 nitrogen and oxygen atoms in total. The lowest BCUT2D eigenvalue weighted by atomic mass is 10.1. The van der Waals surface area contributed by atoms with Crippen molar-refractivity contribution in [1.29, 1.82) is 0 Å². The third kappa shape index (κ3) is 4.14. The fraction of sp³-hybridized carbons (Fsp3) is 0.462. The molecule has 1 aromatic carbocycles. The summed E-state index contributed by atoms with van der Waals surface area (Å²) in [6, 6.07) is 4.71. The molecule has 0 atom stereocenters. The van der Waals surface area contributed by atoms with Gasteiger partial charge in [0, 0.05) is 18.4 Å². The maximum Gasteiger partial charge on any atom is 0.224 e. The minimum absolute atomic E-state index is 0.0554. The van der Waals surface area contributed by atoms with Crippen LogP contribution < -0.4 is 5.32 Å². The summed E-state index contributed by atoms with van der Waals surface area (Å²) in [5.74, 6) is 0.237. The van der Waals surface area contributed by atoms with E-state index < -0.39 is 9.84 Å². The van der Waals surface area contributed by atoms with Gasteiger partial charge in [-0.25, -0.2) is 8.42 Å². The standard InChI is InChI=1S/C13H19NO3S/c1-9(2)7-13(15)14-12-6-5-11(8-10(12)3)18(4,16)17/h5-6,8-9H,7H2,1-4H3,(H,14,15). The molecule has 0 fully saturated rings. The van der Waals surface area contributed by atoms with E-state index in [0.717, 1.165) is 5.56 Å². The van der Waals surface area contributed by atoms with Crippen LogP contribution >= 0.6 is 0 Å². The summed E-state index contributed by atoms with van der Waals surface area (Å²) < 4.78 is 22.8. The summed E-state index contributed by atoms with van der Waals surface area (Å²) in [5, 5.41) is 2.79. The van der Waals surface area contributed by atoms with Gasteiger partial charge in [-0.1, -0.05) is 13.8 Å². The lowest BCUT2D eigenvalue weighted by molar-refractivity contribution is -0.116. The highest BCUT2D eigenvalue weighted by atomic mass is 32.2. The van der Waals surface area contributed by atoms with Gasteiger partial charge in [-0.2, -0.15) is 0 Å². The third-order valence-corrected chi connectivity index (χ3v) is 3.60. The second kappa shape index (κ2) is 5.52. The van der Waals surface area contributed by atoms with E-state index in [4.69, 9.17) is 0 Å². The van der Waals surface area contributed by atoms with Crippen LogP contribution in [0.3, 0.4) is 0 Å². The normalized spacial score (nSPS) is 11.6. The van der Waals surface area contributed by atoms with E-state index in [2.05, 4.69) is 5.32 Å². The molecule has 100 valence electrons. The maximum atomic E-state index is 11.6. The Morgan fingerprint density at radius 2 is 1.94 bits per heavy atom. The summed E-state index contributed by atoms with van der Waals surface area (Å²) in [7, 11) is -3.20. The van der Waals surface area contributed by atoms with Crippen molar-refractivity contribution in [3.8, 4) is 0 Å². The first-order valence-electron chi connectivity index (χ1n) is 5.80. The molecule has 0 heterocycles. The predicted molar refractivity (Wildman–Crippen MR) is 72.4 cm³/mol. The zero-order chi connectivity index (χ0) is 13.9. The van der Waals surface area contributed by atoms with Crippen LogP contribution in [0.2, 0.25) is 0 Å². The first kappa shape index (κ1) is 14.7. The van der Waals surface area contributed by atoms with E-state index in [1.54, 1.807) is 19.1 Å². The van der Waals surface area contributed by atoms with Gasteiger partial charge in [0.2, 0.25) is 5.91 Å². The highest BCUT2D eigenvalue weighted by Crippen LogP contribution is 2.20. The summed E-state index contributed by atoms with van der Waals surface area (Å²) >= 11 is 0. The molecule has 0 saturated carbocycles. The minimum Gasteiger partial charge on any atom is -0.326 e. The summed E-state index contributed by atoms with van der Waals surface area (Å²) in [5.41, 5.74) is 1.41. The number of benzene rings is 1. The van der Waals surface area contributed by atoms with Crippen LogP contribution in [0.25, 0.3) is 0 Å². The molecular formula is C13H19NO3S. The lowest BCUT2D eigenvalue weighted by Crippen LogP contribution is -2.14. The Morgan fingerprint density at radius 1 is 1.33 bits per heavy atom. The van der Waals surface area contributed by atoms with Crippen molar-refractivity contribution >= 4 is 21.4 Å². The van der Waals surface area contributed by atoms with E-state index in [1.165, 1.54) is 12.3 Å². The smallest absolute Gasteiger partial charge is 0.224 e. The maximum absolute atomic E-state index is 11.6. The molecule has 5 heteroatoms. The van der Waals surface area contributed by atoms with Crippen LogP contribution in [0.15, 0.2) is 23.1 Å². The minimum atomic E-state index is -3.20. The van der Waals surface area contributed by atoms with Crippen LogP contribution in [0.4, 0.5) is 5.69 Å². The Kier molecular flexibility index (Phi) is 4.51. The Labute approximate surface area is 108 Å². The van der Waals surface area contributed by atoms with E-state index in [0.29, 0.717) is 18.0 Å². The highest BCUT2D eigenvalue weighted by molar-refractivity contribution is 7.90. The van der Waals surface area contributed by atoms with Crippen LogP contribution in [-0.4, -0.2) is 20.6 Å². The molecule has 0 unspecified atom stereocenters. The second-order valence-corrected chi connectivity index (χ2v) is 6.91. The Balaban J connectivity index is 2.90. The Hall–Kier alpha value is -1.36. The van der Waals surface area contributed by atoms with Gasteiger partial charge in [-0.05, 0) is 36.6 Å². The molecule has 0 spiro atoms. The molecule has 1 rings (SSSR count). The number of carbonyl (C=O) groups is 1. The summed E-state index contributed by atoms with van der Waals surface area (Å²) in [6.07, 6.45) is 1.62. The van der Waals surface area contributed by atoms with Gasteiger partial charge in [0.05, 0.1) is 4.90 Å². The van der Waals surface area contributed by atoms with E-state index in [-0.39, 0.29) is 10.8 Å². The zero-order valence-electron chi connectivity index (χ0n) is 11.1. The molecule has 0 saturated heterocycles. The zero-order valence-corrected chi connectivity index (χ0v) is 12.0. The number of hydrogen-bond donors (Lipinski definition) is 1. The van der Waals surface area contributed by atoms with Gasteiger partial charge in [-0.3, -0.25) is 4.79 Å². The summed E-state index contributed by atoms with van der Waals surface area (Å²) in [6.45, 7) is 5.72. The van der Waals surface area contributed by atoms with Gasteiger partial charge in [0.1, 0.15) is 0 Å². The van der Waals surface area contributed by atoms with E-state index in [9.17, 15) is 13.2 Å². The predicted octanol–water partition coefficient (Wildman–Crippen LogP) is 2.38. The van der Waals surface area contributed by atoms with Crippen molar-refractivity contribution < 1.29 is 13.2 Å². The quantitative estimate of drug-likeness (QED) is 0.912. The van der Waals surface area contributed by atoms with Gasteiger partial charge in [0.25, 0.3) is 0 Å². The number of amides is 1. The van der Waals surface area contributed by atoms with Crippen molar-refractivity contribution in [3.05, 3.63) is 23.8 Å². The molecule has 0 aliphatic carbocycles. The number of anilines is 1. The van der Waals surface area contributed by atoms with Gasteiger partial charge in [0.15, 0.2) is 9.84 Å². The molecule has 0 radical (unpaired) electrons. The number of aryl methyl sites for hydroxylation is 1. The van der Waals surface area contributed by atoms with Crippen LogP contribution in [0.1, 0.15) is 25.8 Å². The van der Waals surface area contributed by atoms with Gasteiger partial charge in [-0.15, -0.1) is 0 Å². The third-order valence-electron chi connectivity index (χ3n) is 2.49. The van der Waals surface area contributed by atoms with Gasteiger partial charge < -0.3 is 5.32 Å². The Bertz CT molecular complexity index is 547. The Morgan fingerprint density at radius 3 is 2.39 bits per heavy atom. The molecule has 0 aliphatic rings. The molecule has 1 aromatic rings. The van der Waals surface area contributed by atoms with Crippen molar-refractivity contribution in [2.24, 2.45) is 5.92 Å². The number of sulfone groups is 1. The van der Waals surface area contributed by atoms with Crippen LogP contribution in [-0.2, 0) is 14.6 Å². The number of rotatable bonds is 4. The summed E-state index contributed by atoms with van der Waals surface area (Å²) in [4.78, 5) is 11.9.